The lowest BCUT2D eigenvalue weighted by atomic mass is 9.86. The maximum atomic E-state index is 13.2. The summed E-state index contributed by atoms with van der Waals surface area (Å²) in [4.78, 5) is 38.6. The molecular weight excluding hydrogens is 338 g/mol. The van der Waals surface area contributed by atoms with Gasteiger partial charge in [0.1, 0.15) is 6.04 Å². The molecule has 2 unspecified atom stereocenters. The molecule has 2 fully saturated rings. The van der Waals surface area contributed by atoms with Gasteiger partial charge in [0, 0.05) is 17.4 Å². The van der Waals surface area contributed by atoms with Crippen molar-refractivity contribution < 1.29 is 19.5 Å². The Morgan fingerprint density at radius 3 is 2.56 bits per heavy atom. The lowest BCUT2D eigenvalue weighted by molar-refractivity contribution is -0.152. The Balaban J connectivity index is 1.76. The zero-order valence-corrected chi connectivity index (χ0v) is 15.1. The molecule has 1 aromatic carbocycles. The van der Waals surface area contributed by atoms with Crippen LogP contribution < -0.4 is 0 Å². The van der Waals surface area contributed by atoms with Gasteiger partial charge >= 0.3 is 5.97 Å². The number of hydrogen-bond donors (Lipinski definition) is 1. The summed E-state index contributed by atoms with van der Waals surface area (Å²) in [5.74, 6) is -1.04. The lowest BCUT2D eigenvalue weighted by Crippen LogP contribution is -2.49. The van der Waals surface area contributed by atoms with E-state index in [1.54, 1.807) is 12.1 Å². The first-order valence-electron chi connectivity index (χ1n) is 8.73. The zero-order valence-electron chi connectivity index (χ0n) is 14.3. The Morgan fingerprint density at radius 2 is 1.88 bits per heavy atom. The van der Waals surface area contributed by atoms with E-state index in [1.165, 1.54) is 16.7 Å². The molecule has 2 aliphatic rings. The number of thioether (sulfide) groups is 1. The molecule has 25 heavy (non-hydrogen) atoms. The van der Waals surface area contributed by atoms with Crippen LogP contribution in [0.5, 0.6) is 0 Å². The average Bonchev–Trinajstić information content (AvgIpc) is 3.23. The molecule has 0 radical (unpaired) electrons. The Bertz CT molecular complexity index is 677. The minimum Gasteiger partial charge on any atom is -0.480 e. The topological polar surface area (TPSA) is 74.7 Å². The molecule has 1 heterocycles. The number of carbonyl (C=O) groups excluding carboxylic acids is 2. The predicted octanol–water partition coefficient (Wildman–Crippen LogP) is 3.19. The number of carboxylic acid groups (broad SMARTS) is 1. The van der Waals surface area contributed by atoms with Crippen molar-refractivity contribution in [3.63, 3.8) is 0 Å². The second kappa shape index (κ2) is 7.20. The van der Waals surface area contributed by atoms with E-state index >= 15 is 0 Å². The molecule has 134 valence electrons. The highest BCUT2D eigenvalue weighted by molar-refractivity contribution is 8.14. The van der Waals surface area contributed by atoms with Gasteiger partial charge in [0.2, 0.25) is 11.0 Å². The summed E-state index contributed by atoms with van der Waals surface area (Å²) in [6, 6.07) is 8.36. The van der Waals surface area contributed by atoms with Crippen LogP contribution in [0.25, 0.3) is 0 Å². The van der Waals surface area contributed by atoms with Crippen molar-refractivity contribution in [2.75, 3.05) is 6.54 Å². The molecule has 3 atom stereocenters. The normalized spacial score (nSPS) is 28.9. The van der Waals surface area contributed by atoms with Crippen molar-refractivity contribution in [1.82, 2.24) is 4.90 Å². The number of carbonyl (C=O) groups is 3. The number of carboxylic acids is 1. The molecule has 1 amide bonds. The van der Waals surface area contributed by atoms with Crippen LogP contribution in [0.4, 0.5) is 0 Å². The fraction of sp³-hybridized carbons (Fsp3) is 0.526. The van der Waals surface area contributed by atoms with Crippen LogP contribution in [0, 0.1) is 5.41 Å². The first kappa shape index (κ1) is 18.0. The quantitative estimate of drug-likeness (QED) is 0.891. The molecule has 0 spiro atoms. The highest BCUT2D eigenvalue weighted by Crippen LogP contribution is 2.47. The molecule has 1 aromatic rings. The Kier molecular flexibility index (Phi) is 5.18. The van der Waals surface area contributed by atoms with Crippen molar-refractivity contribution in [1.29, 1.82) is 0 Å². The van der Waals surface area contributed by atoms with Gasteiger partial charge in [-0.2, -0.15) is 0 Å². The highest BCUT2D eigenvalue weighted by Gasteiger charge is 2.50. The standard InChI is InChI=1S/C19H23NO4S/c1-19(18(24)20-12-6-9-14(20)16(21)22)11-5-10-15(19)25-17(23)13-7-3-2-4-8-13/h2-4,7-8,14-15H,5-6,9-12H2,1H3,(H,21,22)/t14-,15?,19?/m0/s1. The Labute approximate surface area is 151 Å². The van der Waals surface area contributed by atoms with E-state index in [9.17, 15) is 19.5 Å². The summed E-state index contributed by atoms with van der Waals surface area (Å²) in [7, 11) is 0. The first-order chi connectivity index (χ1) is 11.9. The molecule has 0 bridgehead atoms. The molecule has 0 aromatic heterocycles. The summed E-state index contributed by atoms with van der Waals surface area (Å²) in [6.07, 6.45) is 3.62. The number of likely N-dealkylation sites (tertiary alicyclic amines) is 1. The van der Waals surface area contributed by atoms with E-state index in [4.69, 9.17) is 0 Å². The van der Waals surface area contributed by atoms with Crippen molar-refractivity contribution in [3.8, 4) is 0 Å². The third-order valence-electron chi connectivity index (χ3n) is 5.42. The molecule has 6 heteroatoms. The zero-order chi connectivity index (χ0) is 18.0. The van der Waals surface area contributed by atoms with E-state index in [-0.39, 0.29) is 16.3 Å². The predicted molar refractivity (Wildman–Crippen MR) is 96.5 cm³/mol. The maximum Gasteiger partial charge on any atom is 0.326 e. The van der Waals surface area contributed by atoms with Crippen molar-refractivity contribution >= 4 is 28.8 Å². The van der Waals surface area contributed by atoms with E-state index in [0.717, 1.165) is 19.3 Å². The molecule has 1 saturated heterocycles. The summed E-state index contributed by atoms with van der Waals surface area (Å²) >= 11 is 1.23. The molecule has 1 aliphatic carbocycles. The van der Waals surface area contributed by atoms with Crippen LogP contribution in [-0.2, 0) is 9.59 Å². The van der Waals surface area contributed by atoms with Crippen LogP contribution in [0.3, 0.4) is 0 Å². The number of rotatable bonds is 4. The molecule has 5 nitrogen and oxygen atoms in total. The third kappa shape index (κ3) is 3.45. The second-order valence-corrected chi connectivity index (χ2v) is 8.24. The van der Waals surface area contributed by atoms with E-state index in [1.807, 2.05) is 25.1 Å². The lowest BCUT2D eigenvalue weighted by Gasteiger charge is -2.35. The van der Waals surface area contributed by atoms with Crippen LogP contribution >= 0.6 is 11.8 Å². The Hall–Kier alpha value is -1.82. The van der Waals surface area contributed by atoms with Crippen LogP contribution in [0.15, 0.2) is 30.3 Å². The van der Waals surface area contributed by atoms with Gasteiger partial charge in [0.05, 0.1) is 5.41 Å². The molecule has 1 aliphatic heterocycles. The van der Waals surface area contributed by atoms with Crippen molar-refractivity contribution in [2.24, 2.45) is 5.41 Å². The number of nitrogens with zero attached hydrogens (tertiary/aromatic N) is 1. The summed E-state index contributed by atoms with van der Waals surface area (Å²) < 4.78 is 0. The van der Waals surface area contributed by atoms with Crippen LogP contribution in [0.1, 0.15) is 49.4 Å². The monoisotopic (exact) mass is 361 g/mol. The van der Waals surface area contributed by atoms with Crippen molar-refractivity contribution in [3.05, 3.63) is 35.9 Å². The average molecular weight is 361 g/mol. The van der Waals surface area contributed by atoms with Gasteiger partial charge in [0.15, 0.2) is 0 Å². The summed E-state index contributed by atoms with van der Waals surface area (Å²) in [5, 5.41) is 9.23. The van der Waals surface area contributed by atoms with Crippen LogP contribution in [-0.4, -0.2) is 44.8 Å². The van der Waals surface area contributed by atoms with E-state index in [2.05, 4.69) is 0 Å². The number of benzene rings is 1. The van der Waals surface area contributed by atoms with Gasteiger partial charge in [-0.05, 0) is 32.6 Å². The molecule has 3 rings (SSSR count). The van der Waals surface area contributed by atoms with E-state index in [0.29, 0.717) is 24.9 Å². The number of amides is 1. The van der Waals surface area contributed by atoms with Gasteiger partial charge < -0.3 is 10.0 Å². The number of aliphatic carboxylic acids is 1. The van der Waals surface area contributed by atoms with Gasteiger partial charge in [-0.3, -0.25) is 9.59 Å². The molecule has 1 N–H and O–H groups in total. The third-order valence-corrected chi connectivity index (χ3v) is 6.91. The summed E-state index contributed by atoms with van der Waals surface area (Å²) in [6.45, 7) is 2.39. The van der Waals surface area contributed by atoms with Gasteiger partial charge in [-0.25, -0.2) is 4.79 Å². The smallest absolute Gasteiger partial charge is 0.326 e. The fourth-order valence-corrected chi connectivity index (χ4v) is 5.23. The largest absolute Gasteiger partial charge is 0.480 e. The number of hydrogen-bond acceptors (Lipinski definition) is 4. The van der Waals surface area contributed by atoms with E-state index < -0.39 is 17.4 Å². The van der Waals surface area contributed by atoms with Gasteiger partial charge in [-0.15, -0.1) is 0 Å². The minimum absolute atomic E-state index is 0.0252. The van der Waals surface area contributed by atoms with Gasteiger partial charge in [0.25, 0.3) is 0 Å². The minimum atomic E-state index is -0.933. The van der Waals surface area contributed by atoms with Gasteiger partial charge in [-0.1, -0.05) is 48.5 Å². The van der Waals surface area contributed by atoms with Crippen LogP contribution in [0.2, 0.25) is 0 Å². The molecular formula is C19H23NO4S. The Morgan fingerprint density at radius 1 is 1.16 bits per heavy atom. The molecule has 1 saturated carbocycles. The fourth-order valence-electron chi connectivity index (χ4n) is 3.93. The second-order valence-electron chi connectivity index (χ2n) is 7.06. The first-order valence-corrected chi connectivity index (χ1v) is 9.61. The highest BCUT2D eigenvalue weighted by atomic mass is 32.2. The summed E-state index contributed by atoms with van der Waals surface area (Å²) in [5.41, 5.74) is -0.0357. The maximum absolute atomic E-state index is 13.2. The van der Waals surface area contributed by atoms with Crippen molar-refractivity contribution in [2.45, 2.75) is 50.3 Å². The SMILES string of the molecule is CC1(C(=O)N2CCC[C@H]2C(=O)O)CCCC1SC(=O)c1ccccc1.